The molecular weight excluding hydrogens is 528 g/mol. The molecule has 0 saturated carbocycles. The van der Waals surface area contributed by atoms with E-state index in [2.05, 4.69) is 0 Å². The molecule has 11 nitrogen and oxygen atoms in total. The van der Waals surface area contributed by atoms with Crippen LogP contribution in [0.25, 0.3) is 0 Å². The number of amides is 4. The summed E-state index contributed by atoms with van der Waals surface area (Å²) in [6.45, 7) is 8.06. The number of methoxy groups -OCH3 is 1. The van der Waals surface area contributed by atoms with Crippen LogP contribution in [0.4, 0.5) is 4.79 Å². The van der Waals surface area contributed by atoms with Gasteiger partial charge in [-0.1, -0.05) is 19.1 Å². The van der Waals surface area contributed by atoms with Gasteiger partial charge in [0.1, 0.15) is 29.8 Å². The highest BCUT2D eigenvalue weighted by Gasteiger charge is 2.60. The van der Waals surface area contributed by atoms with E-state index in [0.29, 0.717) is 64.5 Å². The molecular formula is C30H44N4O7. The normalized spacial score (nSPS) is 33.2. The molecule has 0 aromatic carbocycles. The molecule has 0 aliphatic carbocycles. The fourth-order valence-corrected chi connectivity index (χ4v) is 7.65. The molecule has 41 heavy (non-hydrogen) atoms. The summed E-state index contributed by atoms with van der Waals surface area (Å²) in [5, 5.41) is 0. The maximum atomic E-state index is 14.3. The van der Waals surface area contributed by atoms with Gasteiger partial charge in [0.15, 0.2) is 0 Å². The van der Waals surface area contributed by atoms with Crippen molar-refractivity contribution in [3.63, 3.8) is 0 Å². The molecule has 5 heterocycles. The van der Waals surface area contributed by atoms with Crippen LogP contribution in [0.3, 0.4) is 0 Å². The van der Waals surface area contributed by atoms with E-state index in [1.165, 1.54) is 12.0 Å². The average molecular weight is 573 g/mol. The summed E-state index contributed by atoms with van der Waals surface area (Å²) in [5.74, 6) is -1.31. The smallest absolute Gasteiger partial charge is 0.411 e. The fraction of sp³-hybridized carbons (Fsp3) is 0.767. The monoisotopic (exact) mass is 572 g/mol. The predicted octanol–water partition coefficient (Wildman–Crippen LogP) is 2.48. The van der Waals surface area contributed by atoms with Crippen molar-refractivity contribution in [1.29, 1.82) is 0 Å². The van der Waals surface area contributed by atoms with Crippen LogP contribution >= 0.6 is 0 Å². The van der Waals surface area contributed by atoms with Crippen molar-refractivity contribution < 1.29 is 33.4 Å². The summed E-state index contributed by atoms with van der Waals surface area (Å²) >= 11 is 0. The van der Waals surface area contributed by atoms with Crippen LogP contribution in [0, 0.1) is 5.92 Å². The summed E-state index contributed by atoms with van der Waals surface area (Å²) < 4.78 is 10.5. The third-order valence-corrected chi connectivity index (χ3v) is 9.60. The summed E-state index contributed by atoms with van der Waals surface area (Å²) in [6, 6.07) is -1.73. The number of esters is 1. The molecule has 4 fully saturated rings. The van der Waals surface area contributed by atoms with E-state index >= 15 is 0 Å². The van der Waals surface area contributed by atoms with E-state index < -0.39 is 35.3 Å². The fourth-order valence-electron chi connectivity index (χ4n) is 7.65. The van der Waals surface area contributed by atoms with Crippen molar-refractivity contribution in [3.8, 4) is 0 Å². The molecule has 226 valence electrons. The first-order valence-electron chi connectivity index (χ1n) is 15.1. The number of nitrogens with zero attached hydrogens (tertiary/aromatic N) is 4. The van der Waals surface area contributed by atoms with Gasteiger partial charge < -0.3 is 24.2 Å². The van der Waals surface area contributed by atoms with Gasteiger partial charge in [0, 0.05) is 25.0 Å². The van der Waals surface area contributed by atoms with Crippen molar-refractivity contribution in [1.82, 2.24) is 19.6 Å². The van der Waals surface area contributed by atoms with Crippen molar-refractivity contribution in [3.05, 3.63) is 12.2 Å². The summed E-state index contributed by atoms with van der Waals surface area (Å²) in [4.78, 5) is 74.3. The Morgan fingerprint density at radius 2 is 1.78 bits per heavy atom. The van der Waals surface area contributed by atoms with Gasteiger partial charge in [0.25, 0.3) is 0 Å². The van der Waals surface area contributed by atoms with E-state index in [4.69, 9.17) is 9.47 Å². The zero-order valence-corrected chi connectivity index (χ0v) is 25.0. The van der Waals surface area contributed by atoms with Gasteiger partial charge in [-0.05, 0) is 72.1 Å². The van der Waals surface area contributed by atoms with Gasteiger partial charge in [-0.25, -0.2) is 4.79 Å². The van der Waals surface area contributed by atoms with Crippen molar-refractivity contribution in [2.45, 2.75) is 114 Å². The van der Waals surface area contributed by atoms with E-state index in [1.54, 1.807) is 14.7 Å². The second-order valence-corrected chi connectivity index (χ2v) is 13.1. The Balaban J connectivity index is 1.39. The quantitative estimate of drug-likeness (QED) is 0.375. The van der Waals surface area contributed by atoms with Gasteiger partial charge in [0.2, 0.25) is 17.7 Å². The van der Waals surface area contributed by atoms with Gasteiger partial charge in [-0.15, -0.1) is 0 Å². The van der Waals surface area contributed by atoms with Crippen LogP contribution in [0.15, 0.2) is 12.2 Å². The third-order valence-electron chi connectivity index (χ3n) is 9.60. The molecule has 0 N–H and O–H groups in total. The first-order valence-corrected chi connectivity index (χ1v) is 15.1. The lowest BCUT2D eigenvalue weighted by molar-refractivity contribution is -0.159. The Kier molecular flexibility index (Phi) is 7.84. The molecule has 1 unspecified atom stereocenters. The minimum atomic E-state index is -0.998. The molecule has 4 amide bonds. The molecule has 5 aliphatic rings. The molecule has 5 rings (SSSR count). The molecule has 0 aromatic heterocycles. The lowest BCUT2D eigenvalue weighted by Crippen LogP contribution is -2.66. The number of rotatable bonds is 4. The Morgan fingerprint density at radius 3 is 2.46 bits per heavy atom. The van der Waals surface area contributed by atoms with Gasteiger partial charge in [-0.3, -0.25) is 24.1 Å². The van der Waals surface area contributed by atoms with E-state index in [0.717, 1.165) is 0 Å². The topological polar surface area (TPSA) is 117 Å². The summed E-state index contributed by atoms with van der Waals surface area (Å²) in [7, 11) is 1.29. The zero-order chi connectivity index (χ0) is 29.7. The van der Waals surface area contributed by atoms with Crippen LogP contribution in [0.2, 0.25) is 0 Å². The van der Waals surface area contributed by atoms with Crippen LogP contribution in [0.5, 0.6) is 0 Å². The highest BCUT2D eigenvalue weighted by molar-refractivity contribution is 5.98. The van der Waals surface area contributed by atoms with Crippen molar-refractivity contribution in [2.75, 3.05) is 26.7 Å². The van der Waals surface area contributed by atoms with Crippen LogP contribution in [-0.4, -0.2) is 111 Å². The summed E-state index contributed by atoms with van der Waals surface area (Å²) in [6.07, 6.45) is 8.54. The lowest BCUT2D eigenvalue weighted by Gasteiger charge is -2.47. The largest absolute Gasteiger partial charge is 0.468 e. The Labute approximate surface area is 242 Å². The number of carbonyl (C=O) groups excluding carboxylic acids is 5. The average Bonchev–Trinajstić information content (AvgIpc) is 3.64. The number of ether oxygens (including phenoxy) is 2. The Morgan fingerprint density at radius 1 is 1.02 bits per heavy atom. The minimum absolute atomic E-state index is 0.0633. The second-order valence-electron chi connectivity index (χ2n) is 13.1. The highest BCUT2D eigenvalue weighted by atomic mass is 16.6. The van der Waals surface area contributed by atoms with Crippen LogP contribution in [-0.2, 0) is 28.7 Å². The highest BCUT2D eigenvalue weighted by Crippen LogP contribution is 2.45. The lowest BCUT2D eigenvalue weighted by atomic mass is 9.82. The number of likely N-dealkylation sites (tertiary alicyclic amines) is 2. The third kappa shape index (κ3) is 5.09. The van der Waals surface area contributed by atoms with Crippen molar-refractivity contribution >= 4 is 29.8 Å². The zero-order valence-electron chi connectivity index (χ0n) is 25.0. The molecule has 0 aromatic rings. The van der Waals surface area contributed by atoms with Gasteiger partial charge in [-0.2, -0.15) is 0 Å². The second kappa shape index (κ2) is 10.9. The first-order chi connectivity index (χ1) is 19.4. The molecule has 4 saturated heterocycles. The SMILES string of the molecule is CC[C@@H]1C=C[C@H]2CCN(C(=O)[C@@H]3CC[C@H]4CC[C@]5(CCCN5C(=O)OC(C)(C)C)C(=O)N43)C2C(=O)N1CC(=O)OC. The number of hydrogen-bond donors (Lipinski definition) is 0. The van der Waals surface area contributed by atoms with Crippen LogP contribution < -0.4 is 0 Å². The molecule has 11 heteroatoms. The maximum Gasteiger partial charge on any atom is 0.411 e. The van der Waals surface area contributed by atoms with E-state index in [-0.39, 0.29) is 42.3 Å². The minimum Gasteiger partial charge on any atom is -0.468 e. The van der Waals surface area contributed by atoms with E-state index in [9.17, 15) is 24.0 Å². The Bertz CT molecular complexity index is 1130. The molecule has 0 bridgehead atoms. The van der Waals surface area contributed by atoms with Gasteiger partial charge in [0.05, 0.1) is 13.2 Å². The standard InChI is InChI=1S/C30H44N4O7/c1-6-20-9-8-19-13-17-31(24(19)26(37)32(20)18-23(35)40-5)25(36)22-11-10-21-12-15-30(27(38)34(21)22)14-7-16-33(30)28(39)41-29(2,3)4/h8-9,19-22,24H,6-7,10-18H2,1-5H3/t19-,20+,21-,22-,24?,30+/m0/s1. The van der Waals surface area contributed by atoms with Crippen LogP contribution in [0.1, 0.15) is 79.1 Å². The predicted molar refractivity (Wildman–Crippen MR) is 148 cm³/mol. The number of hydrogen-bond acceptors (Lipinski definition) is 7. The number of fused-ring (bicyclic) bond motifs is 2. The van der Waals surface area contributed by atoms with Crippen molar-refractivity contribution in [2.24, 2.45) is 5.92 Å². The molecule has 1 spiro atoms. The summed E-state index contributed by atoms with van der Waals surface area (Å²) in [5.41, 5.74) is -1.68. The Hall–Kier alpha value is -3.11. The molecule has 5 aliphatic heterocycles. The molecule has 0 radical (unpaired) electrons. The van der Waals surface area contributed by atoms with E-state index in [1.807, 2.05) is 39.8 Å². The van der Waals surface area contributed by atoms with Gasteiger partial charge >= 0.3 is 12.1 Å². The molecule has 6 atom stereocenters. The first kappa shape index (κ1) is 29.4. The number of piperidine rings is 1. The number of carbonyl (C=O) groups is 5. The maximum absolute atomic E-state index is 14.3.